The zero-order valence-corrected chi connectivity index (χ0v) is 58.3. The fourth-order valence-electron chi connectivity index (χ4n) is 11.7. The van der Waals surface area contributed by atoms with Crippen LogP contribution in [0.3, 0.4) is 0 Å². The van der Waals surface area contributed by atoms with Gasteiger partial charge in [0.2, 0.25) is 0 Å². The molecule has 0 bridgehead atoms. The Morgan fingerprint density at radius 2 is 1.06 bits per heavy atom. The Labute approximate surface area is 576 Å². The van der Waals surface area contributed by atoms with Crippen molar-refractivity contribution >= 4 is 52.8 Å². The van der Waals surface area contributed by atoms with Crippen LogP contribution in [0.5, 0.6) is 11.5 Å². The first-order chi connectivity index (χ1) is 48.2. The first-order valence-corrected chi connectivity index (χ1v) is 36.0. The largest absolute Gasteiger partial charge is 0.497 e. The van der Waals surface area contributed by atoms with E-state index in [4.69, 9.17) is 81.8 Å². The summed E-state index contributed by atoms with van der Waals surface area (Å²) >= 11 is 0. The molecular weight excluding hydrogens is 1360 g/mol. The fraction of sp³-hybridized carbons (Fsp3) is 0.469. The first-order valence-electron chi connectivity index (χ1n) is 31.9. The van der Waals surface area contributed by atoms with Crippen LogP contribution in [-0.4, -0.2) is 146 Å². The minimum Gasteiger partial charge on any atom is -0.497 e. The molecule has 3 saturated heterocycles. The molecule has 3 aromatic carbocycles. The van der Waals surface area contributed by atoms with Gasteiger partial charge in [0.15, 0.2) is 11.5 Å². The quantitative estimate of drug-likeness (QED) is 0.0190. The van der Waals surface area contributed by atoms with E-state index < -0.39 is 123 Å². The van der Waals surface area contributed by atoms with Gasteiger partial charge in [-0.25, -0.2) is 38.3 Å². The molecule has 4 aromatic heterocycles. The average Bonchev–Trinajstić information content (AvgIpc) is 0.912. The number of nitrogen functional groups attached to an aromatic ring is 3. The monoisotopic (exact) mass is 1440 g/mol. The summed E-state index contributed by atoms with van der Waals surface area (Å²) in [6.07, 6.45) is -6.15. The van der Waals surface area contributed by atoms with Crippen LogP contribution in [0, 0.1) is 34.0 Å². The third kappa shape index (κ3) is 17.7. The van der Waals surface area contributed by atoms with Gasteiger partial charge in [-0.3, -0.25) is 40.8 Å². The lowest BCUT2D eigenvalue weighted by atomic mass is 9.80. The summed E-state index contributed by atoms with van der Waals surface area (Å²) in [5.74, 6) is 1.11. The Hall–Kier alpha value is -8.19. The molecule has 7 aromatic rings. The first kappa shape index (κ1) is 74.5. The second kappa shape index (κ2) is 34.0. The molecule has 100 heavy (non-hydrogen) atoms. The molecule has 3 aliphatic rings. The summed E-state index contributed by atoms with van der Waals surface area (Å²) in [6.45, 7) is 5.29. The van der Waals surface area contributed by atoms with Crippen molar-refractivity contribution in [2.45, 2.75) is 139 Å². The van der Waals surface area contributed by atoms with Crippen molar-refractivity contribution in [3.8, 4) is 29.7 Å². The van der Waals surface area contributed by atoms with Crippen LogP contribution in [-0.2, 0) is 69.9 Å². The Morgan fingerprint density at radius 3 is 1.54 bits per heavy atom. The third-order valence-corrected chi connectivity index (χ3v) is 21.5. The smallest absolute Gasteiger partial charge is 0.475 e. The van der Waals surface area contributed by atoms with E-state index in [9.17, 15) is 25.4 Å². The summed E-state index contributed by atoms with van der Waals surface area (Å²) < 4.78 is 126. The molecule has 532 valence electrons. The number of aromatic nitrogens is 8. The van der Waals surface area contributed by atoms with E-state index in [1.165, 1.54) is 41.7 Å². The minimum absolute atomic E-state index is 0.0413. The van der Waals surface area contributed by atoms with Gasteiger partial charge in [-0.2, -0.15) is 25.8 Å². The molecule has 10 rings (SSSR count). The number of ether oxygens (including phenoxy) is 6. The lowest BCUT2D eigenvalue weighted by Gasteiger charge is -2.37. The molecule has 0 aliphatic carbocycles. The number of hydrogen-bond donors (Lipinski definition) is 3. The van der Waals surface area contributed by atoms with Crippen molar-refractivity contribution in [3.63, 3.8) is 0 Å². The Bertz CT molecular complexity index is 4180. The lowest BCUT2D eigenvalue weighted by molar-refractivity contribution is -0.0961. The summed E-state index contributed by atoms with van der Waals surface area (Å²) in [5.41, 5.74) is 17.6. The number of fused-ring (bicyclic) bond motifs is 1. The highest BCUT2D eigenvalue weighted by molar-refractivity contribution is 7.48. The van der Waals surface area contributed by atoms with Crippen molar-refractivity contribution in [2.24, 2.45) is 0 Å². The van der Waals surface area contributed by atoms with Gasteiger partial charge >= 0.3 is 27.0 Å². The average molecular weight is 1440 g/mol. The highest BCUT2D eigenvalue weighted by atomic mass is 31.2. The summed E-state index contributed by atoms with van der Waals surface area (Å²) in [7, 11) is -8.80. The van der Waals surface area contributed by atoms with E-state index in [1.807, 2.05) is 99.1 Å². The van der Waals surface area contributed by atoms with E-state index in [-0.39, 0.29) is 81.3 Å². The number of nitrogens with two attached hydrogens (primary N) is 3. The molecule has 12 atom stereocenters. The van der Waals surface area contributed by atoms with Crippen LogP contribution in [0.15, 0.2) is 126 Å². The van der Waals surface area contributed by atoms with Crippen molar-refractivity contribution in [1.29, 1.82) is 15.8 Å². The van der Waals surface area contributed by atoms with Gasteiger partial charge in [-0.15, -0.1) is 0 Å². The summed E-state index contributed by atoms with van der Waals surface area (Å²) in [5, 5.41) is 29.0. The second-order valence-corrected chi connectivity index (χ2v) is 28.2. The maximum atomic E-state index is 15.7. The molecule has 0 saturated carbocycles. The number of hydrogen-bond acceptors (Lipinski definition) is 30. The molecule has 33 nitrogen and oxygen atoms in total. The third-order valence-electron chi connectivity index (χ3n) is 16.3. The van der Waals surface area contributed by atoms with Gasteiger partial charge in [0.25, 0.3) is 8.53 Å². The van der Waals surface area contributed by atoms with E-state index in [0.29, 0.717) is 39.4 Å². The number of benzene rings is 3. The Kier molecular flexibility index (Phi) is 25.3. The highest BCUT2D eigenvalue weighted by Crippen LogP contribution is 2.58. The zero-order chi connectivity index (χ0) is 71.1. The maximum absolute atomic E-state index is 15.7. The molecule has 7 heterocycles. The van der Waals surface area contributed by atoms with Gasteiger partial charge in [-0.05, 0) is 80.8 Å². The zero-order valence-electron chi connectivity index (χ0n) is 55.6. The molecular formula is C64H78N15O18P3. The van der Waals surface area contributed by atoms with Gasteiger partial charge in [-0.1, -0.05) is 54.6 Å². The molecule has 0 amide bonds. The fourth-order valence-corrected chi connectivity index (χ4v) is 16.3. The van der Waals surface area contributed by atoms with Gasteiger partial charge in [0.1, 0.15) is 89.8 Å². The van der Waals surface area contributed by atoms with Gasteiger partial charge < -0.3 is 54.7 Å². The maximum Gasteiger partial charge on any atom is 0.475 e. The number of rotatable bonds is 35. The van der Waals surface area contributed by atoms with E-state index >= 15 is 9.13 Å². The van der Waals surface area contributed by atoms with E-state index in [2.05, 4.69) is 31.0 Å². The lowest BCUT2D eigenvalue weighted by Crippen LogP contribution is -2.38. The van der Waals surface area contributed by atoms with Crippen LogP contribution < -0.4 is 38.1 Å². The van der Waals surface area contributed by atoms with E-state index in [0.717, 1.165) is 4.57 Å². The summed E-state index contributed by atoms with van der Waals surface area (Å²) in [6, 6.07) is 32.5. The van der Waals surface area contributed by atoms with Crippen molar-refractivity contribution < 1.29 is 73.7 Å². The van der Waals surface area contributed by atoms with Crippen molar-refractivity contribution in [3.05, 3.63) is 154 Å². The standard InChI is InChI=1S/C64H78N15O18P3/c1-41(2)79(42(3)4)98(87-30-10-25-65)95-48-33-58(78-40-73-59-60(70)71-39-72-61(59)78)93-52(48)37-90-99(82,88-31-11-26-66)97-50-35-57(77-29-24-55(69)75-63(77)81)94-53(50)38-91-100(83,89-32-12-27-67)96-49-34-56(76-28-23-54(68)74-62(76)80)92-51(49)36-86-64(43-13-8-7-9-14-43,44-15-19-46(84-5)20-16-44)45-17-21-47(85-6)22-18-45/h7-9,13-24,28-29,39-42,48-53,56-58H,10-12,30-38H2,1-6H3,(H2,68,74,80)(H2,69,75,81)(H2,70,71,72)/t48-,49-,50-,51+,52+,53+,56+,57+,58+,98?,99?,100?/m0/s1. The molecule has 36 heteroatoms. The van der Waals surface area contributed by atoms with Crippen LogP contribution in [0.4, 0.5) is 17.5 Å². The van der Waals surface area contributed by atoms with Crippen LogP contribution in [0.1, 0.15) is 102 Å². The Morgan fingerprint density at radius 1 is 0.600 bits per heavy atom. The second-order valence-electron chi connectivity index (χ2n) is 23.5. The topological polar surface area (TPSA) is 429 Å². The predicted octanol–water partition coefficient (Wildman–Crippen LogP) is 8.52. The van der Waals surface area contributed by atoms with Crippen molar-refractivity contribution in [1.82, 2.24) is 43.3 Å². The Balaban J connectivity index is 0.970. The number of nitrogens with zero attached hydrogens (tertiary/aromatic N) is 12. The SMILES string of the molecule is COc1ccc(C(OC[C@H]2O[C@@H](n3ccc(N)nc3=O)C[C@@H]2OP(=O)(OCCC#N)OC[C@H]2O[C@@H](n3ccc(N)nc3=O)C[C@@H]2OP(=O)(OCCC#N)OC[C@H]2O[C@@H](n3cnc4c(N)ncnc43)C[C@@H]2OP(OCCC#N)N(C(C)C)C(C)C)(c2ccccc2)c2ccc(OC)cc2)cc1. The number of methoxy groups -OCH3 is 2. The summed E-state index contributed by atoms with van der Waals surface area (Å²) in [4.78, 5) is 47.8. The highest BCUT2D eigenvalue weighted by Gasteiger charge is 2.50. The van der Waals surface area contributed by atoms with Gasteiger partial charge in [0.05, 0.1) is 104 Å². The number of phosphoric ester groups is 2. The predicted molar refractivity (Wildman–Crippen MR) is 359 cm³/mol. The van der Waals surface area contributed by atoms with Crippen molar-refractivity contribution in [2.75, 3.05) is 71.1 Å². The van der Waals surface area contributed by atoms with Gasteiger partial charge in [0, 0.05) is 43.7 Å². The number of anilines is 3. The molecule has 3 fully saturated rings. The molecule has 0 radical (unpaired) electrons. The van der Waals surface area contributed by atoms with Crippen LogP contribution in [0.25, 0.3) is 11.2 Å². The number of imidazole rings is 1. The molecule has 0 spiro atoms. The normalized spacial score (nSPS) is 22.3. The molecule has 3 unspecified atom stereocenters. The number of nitriles is 3. The van der Waals surface area contributed by atoms with E-state index in [1.54, 1.807) is 43.1 Å². The molecule has 3 aliphatic heterocycles. The minimum atomic E-state index is -5.03. The number of phosphoric acid groups is 2. The van der Waals surface area contributed by atoms with Crippen LogP contribution >= 0.6 is 24.2 Å². The van der Waals surface area contributed by atoms with Crippen LogP contribution in [0.2, 0.25) is 0 Å². The molecule has 6 N–H and O–H groups in total.